The number of aliphatic hydroxyl groups excluding tert-OH is 2. The fourth-order valence-corrected chi connectivity index (χ4v) is 14.1. The van der Waals surface area contributed by atoms with Crippen LogP contribution in [0.3, 0.4) is 0 Å². The van der Waals surface area contributed by atoms with Crippen LogP contribution in [0.2, 0.25) is 0 Å². The molecule has 0 saturated carbocycles. The molecule has 0 bridgehead atoms. The first-order chi connectivity index (χ1) is 58.2. The van der Waals surface area contributed by atoms with Crippen molar-refractivity contribution < 1.29 is 75.8 Å². The number of phosphoric ester groups is 2. The molecule has 0 fully saturated rings. The normalized spacial score (nSPS) is 14.6. The lowest BCUT2D eigenvalue weighted by atomic mass is 10.0. The Morgan fingerprint density at radius 2 is 0.445 bits per heavy atom. The lowest BCUT2D eigenvalue weighted by Crippen LogP contribution is -2.30. The van der Waals surface area contributed by atoms with Gasteiger partial charge in [0.1, 0.15) is 25.4 Å². The molecule has 0 rings (SSSR count). The summed E-state index contributed by atoms with van der Waals surface area (Å²) < 4.78 is 61.5. The molecule has 680 valence electrons. The van der Waals surface area contributed by atoms with Gasteiger partial charge >= 0.3 is 33.6 Å². The highest BCUT2D eigenvalue weighted by Crippen LogP contribution is 2.45. The third-order valence-corrected chi connectivity index (χ3v) is 21.5. The Balaban J connectivity index is 4.56. The molecular formula is C101H170O16P2. The van der Waals surface area contributed by atoms with Crippen molar-refractivity contribution in [3.05, 3.63) is 182 Å². The van der Waals surface area contributed by atoms with Gasteiger partial charge in [0, 0.05) is 19.3 Å². The highest BCUT2D eigenvalue weighted by Gasteiger charge is 2.29. The summed E-state index contributed by atoms with van der Waals surface area (Å²) in [5.74, 6) is -1.60. The number of ether oxygens (including phenoxy) is 3. The van der Waals surface area contributed by atoms with Gasteiger partial charge < -0.3 is 34.2 Å². The quantitative estimate of drug-likeness (QED) is 0.0146. The minimum atomic E-state index is -4.95. The van der Waals surface area contributed by atoms with Crippen molar-refractivity contribution in [2.24, 2.45) is 0 Å². The summed E-state index contributed by atoms with van der Waals surface area (Å²) in [6.07, 6.45) is 121. The van der Waals surface area contributed by atoms with Crippen LogP contribution in [0.1, 0.15) is 380 Å². The van der Waals surface area contributed by atoms with Gasteiger partial charge in [0.05, 0.1) is 26.4 Å². The van der Waals surface area contributed by atoms with Crippen LogP contribution in [0.4, 0.5) is 0 Å². The van der Waals surface area contributed by atoms with Gasteiger partial charge in [0.2, 0.25) is 0 Å². The number of rotatable bonds is 88. The minimum Gasteiger partial charge on any atom is -0.463 e. The molecule has 0 radical (unpaired) electrons. The SMILES string of the molecule is CC/C=C\C/C=C\C/C=C\C/C=C\C/C=C\C/C=C\CCCCCCCCCCC(=O)OCC(COP(=O)(O)OCC(O)COP(=O)(O)OCC(O)COC(=O)CCCCCCCCCCCCCCCCCCCCC/C=C\C/C=C\C/C=C\C/C=C\C/C=C\CC)OC(=O)CCCCCCC/C=C\C/C=C\C/C=C\C/C=C\CCCCC. The third-order valence-electron chi connectivity index (χ3n) is 19.6. The molecule has 5 unspecified atom stereocenters. The molecule has 0 aromatic carbocycles. The number of carbonyl (C=O) groups is 3. The topological polar surface area (TPSA) is 231 Å². The van der Waals surface area contributed by atoms with Gasteiger partial charge in [-0.2, -0.15) is 0 Å². The Bertz CT molecular complexity index is 2890. The van der Waals surface area contributed by atoms with Gasteiger partial charge in [0.25, 0.3) is 0 Å². The molecule has 0 spiro atoms. The summed E-state index contributed by atoms with van der Waals surface area (Å²) in [7, 11) is -9.82. The molecule has 0 saturated heterocycles. The van der Waals surface area contributed by atoms with Crippen LogP contribution in [-0.2, 0) is 55.8 Å². The maximum absolute atomic E-state index is 13.1. The second-order valence-electron chi connectivity index (χ2n) is 31.0. The number of phosphoric acid groups is 2. The summed E-state index contributed by atoms with van der Waals surface area (Å²) in [6, 6.07) is 0. The van der Waals surface area contributed by atoms with Gasteiger partial charge in [-0.1, -0.05) is 383 Å². The lowest BCUT2D eigenvalue weighted by Gasteiger charge is -2.21. The van der Waals surface area contributed by atoms with Gasteiger partial charge in [-0.15, -0.1) is 0 Å². The fourth-order valence-electron chi connectivity index (χ4n) is 12.5. The summed E-state index contributed by atoms with van der Waals surface area (Å²) in [4.78, 5) is 59.0. The Kier molecular flexibility index (Phi) is 87.7. The summed E-state index contributed by atoms with van der Waals surface area (Å²) >= 11 is 0. The zero-order valence-corrected chi connectivity index (χ0v) is 76.8. The van der Waals surface area contributed by atoms with Crippen molar-refractivity contribution in [1.29, 1.82) is 0 Å². The molecule has 0 aliphatic heterocycles. The minimum absolute atomic E-state index is 0.0764. The number of allylic oxidation sites excluding steroid dienone is 30. The number of hydrogen-bond donors (Lipinski definition) is 4. The highest BCUT2D eigenvalue weighted by atomic mass is 31.2. The molecule has 0 heterocycles. The van der Waals surface area contributed by atoms with E-state index in [1.165, 1.54) is 128 Å². The number of esters is 3. The van der Waals surface area contributed by atoms with Crippen LogP contribution in [0.5, 0.6) is 0 Å². The van der Waals surface area contributed by atoms with Crippen molar-refractivity contribution >= 4 is 33.6 Å². The van der Waals surface area contributed by atoms with Crippen LogP contribution in [-0.4, -0.2) is 95.9 Å². The number of unbranched alkanes of at least 4 members (excludes halogenated alkanes) is 35. The first-order valence-corrected chi connectivity index (χ1v) is 50.1. The Morgan fingerprint density at radius 1 is 0.244 bits per heavy atom. The first kappa shape index (κ1) is 114. The molecule has 0 amide bonds. The van der Waals surface area contributed by atoms with Crippen LogP contribution in [0.15, 0.2) is 182 Å². The van der Waals surface area contributed by atoms with Crippen LogP contribution >= 0.6 is 15.6 Å². The molecule has 0 aliphatic carbocycles. The largest absolute Gasteiger partial charge is 0.472 e. The van der Waals surface area contributed by atoms with Gasteiger partial charge in [-0.05, 0) is 161 Å². The average molecular weight is 1700 g/mol. The van der Waals surface area contributed by atoms with Crippen LogP contribution in [0, 0.1) is 0 Å². The van der Waals surface area contributed by atoms with E-state index in [0.717, 1.165) is 193 Å². The van der Waals surface area contributed by atoms with E-state index in [-0.39, 0.29) is 19.3 Å². The summed E-state index contributed by atoms with van der Waals surface area (Å²) in [5, 5.41) is 20.7. The average Bonchev–Trinajstić information content (AvgIpc) is 0.903. The number of aliphatic hydroxyl groups is 2. The third kappa shape index (κ3) is 93.2. The van der Waals surface area contributed by atoms with Gasteiger partial charge in [0.15, 0.2) is 6.10 Å². The molecule has 0 aliphatic rings. The molecule has 16 nitrogen and oxygen atoms in total. The van der Waals surface area contributed by atoms with Crippen molar-refractivity contribution in [2.45, 2.75) is 399 Å². The molecule has 0 aromatic rings. The maximum Gasteiger partial charge on any atom is 0.472 e. The maximum atomic E-state index is 13.1. The van der Waals surface area contributed by atoms with Crippen molar-refractivity contribution in [2.75, 3.05) is 39.6 Å². The highest BCUT2D eigenvalue weighted by molar-refractivity contribution is 7.47. The van der Waals surface area contributed by atoms with E-state index in [1.54, 1.807) is 0 Å². The standard InChI is InChI=1S/C101H170O16P2/c1-4-7-10-13-16-19-22-25-28-31-34-37-39-41-43-44-45-46-47-48-49-50-52-54-55-58-60-63-66-69-72-75-78-81-84-87-99(104)111-90-96(102)91-113-118(107,108)114-92-97(103)93-115-119(109,110)116-95-98(117-101(106)89-86-83-80-77-74-71-68-65-62-57-36-33-30-27-24-21-18-15-12-9-6-3)94-112-100(105)88-85-82-79-76-73-70-67-64-61-59-56-53-51-42-40-38-35-32-29-26-23-20-17-14-11-8-5-2/h7-8,10-11,16-21,25-30,34-38,41-43,51,56-57,59,65,68,96-98,102-103H,4-6,9,12-15,22-24,31-33,39-40,44-50,52-55,58,60-64,66-67,69-95H2,1-3H3,(H,107,108)(H,109,110)/b10-7-,11-8-,19-16-,20-17-,21-18-,28-25-,29-26-,30-27-,37-34-,38-35-,43-41-,51-42-,57-36-,59-56-,68-65-. The lowest BCUT2D eigenvalue weighted by molar-refractivity contribution is -0.161. The number of carbonyl (C=O) groups excluding carboxylic acids is 3. The zero-order chi connectivity index (χ0) is 86.5. The Labute approximate surface area is 725 Å². The molecule has 119 heavy (non-hydrogen) atoms. The van der Waals surface area contributed by atoms with E-state index >= 15 is 0 Å². The zero-order valence-electron chi connectivity index (χ0n) is 75.0. The Hall–Kier alpha value is -5.35. The molecule has 5 atom stereocenters. The van der Waals surface area contributed by atoms with E-state index in [4.69, 9.17) is 32.3 Å². The first-order valence-electron chi connectivity index (χ1n) is 47.1. The van der Waals surface area contributed by atoms with Crippen molar-refractivity contribution in [1.82, 2.24) is 0 Å². The molecule has 18 heteroatoms. The van der Waals surface area contributed by atoms with Crippen LogP contribution < -0.4 is 0 Å². The predicted molar refractivity (Wildman–Crippen MR) is 500 cm³/mol. The second kappa shape index (κ2) is 91.8. The predicted octanol–water partition coefficient (Wildman–Crippen LogP) is 29.2. The summed E-state index contributed by atoms with van der Waals surface area (Å²) in [6.45, 7) is 2.43. The second-order valence-corrected chi connectivity index (χ2v) is 34.0. The molecule has 4 N–H and O–H groups in total. The smallest absolute Gasteiger partial charge is 0.463 e. The van der Waals surface area contributed by atoms with Gasteiger partial charge in [-0.3, -0.25) is 32.5 Å². The van der Waals surface area contributed by atoms with Gasteiger partial charge in [-0.25, -0.2) is 9.13 Å². The van der Waals surface area contributed by atoms with E-state index in [2.05, 4.69) is 203 Å². The van der Waals surface area contributed by atoms with E-state index < -0.39 is 91.5 Å². The van der Waals surface area contributed by atoms with Crippen molar-refractivity contribution in [3.63, 3.8) is 0 Å². The Morgan fingerprint density at radius 3 is 0.706 bits per heavy atom. The molecular weight excluding hydrogens is 1530 g/mol. The molecule has 0 aromatic heterocycles. The van der Waals surface area contributed by atoms with E-state index in [1.807, 2.05) is 0 Å². The van der Waals surface area contributed by atoms with Crippen molar-refractivity contribution in [3.8, 4) is 0 Å². The number of hydrogen-bond acceptors (Lipinski definition) is 14. The van der Waals surface area contributed by atoms with Crippen LogP contribution in [0.25, 0.3) is 0 Å². The summed E-state index contributed by atoms with van der Waals surface area (Å²) in [5.41, 5.74) is 0. The fraction of sp³-hybridized carbons (Fsp3) is 0.673. The van der Waals surface area contributed by atoms with E-state index in [0.29, 0.717) is 19.3 Å². The monoisotopic (exact) mass is 1700 g/mol. The van der Waals surface area contributed by atoms with E-state index in [9.17, 15) is 43.5 Å².